The second-order valence-corrected chi connectivity index (χ2v) is 9.18. The highest BCUT2D eigenvalue weighted by molar-refractivity contribution is 8.00. The van der Waals surface area contributed by atoms with Gasteiger partial charge in [0.1, 0.15) is 15.7 Å². The van der Waals surface area contributed by atoms with Crippen LogP contribution in [0.1, 0.15) is 58.2 Å². The monoisotopic (exact) mass is 380 g/mol. The normalized spacial score (nSPS) is 16.6. The summed E-state index contributed by atoms with van der Waals surface area (Å²) in [4.78, 5) is 25.0. The van der Waals surface area contributed by atoms with Gasteiger partial charge in [0.05, 0.1) is 5.75 Å². The molecule has 0 spiro atoms. The van der Waals surface area contributed by atoms with E-state index < -0.39 is 0 Å². The van der Waals surface area contributed by atoms with Gasteiger partial charge in [-0.2, -0.15) is 0 Å². The molecule has 0 amide bonds. The minimum absolute atomic E-state index is 0.166. The molecule has 2 aliphatic carbocycles. The molecule has 0 unspecified atom stereocenters. The second kappa shape index (κ2) is 6.78. The van der Waals surface area contributed by atoms with Gasteiger partial charge in [0.25, 0.3) is 0 Å². The molecule has 0 radical (unpaired) electrons. The van der Waals surface area contributed by atoms with Gasteiger partial charge in [-0.25, -0.2) is 9.97 Å². The standard InChI is InChI=1S/C21H20N2OS2/c24-16(13-6-2-1-3-7-13)12-25-20-18-15-8-4-5-9-17(15)26-21(18)23-19(22-20)14-10-11-14/h1-3,6-7,14H,4-5,8-12H2. The van der Waals surface area contributed by atoms with E-state index in [1.54, 1.807) is 11.8 Å². The number of hydrogen-bond acceptors (Lipinski definition) is 5. The van der Waals surface area contributed by atoms with Gasteiger partial charge >= 0.3 is 0 Å². The summed E-state index contributed by atoms with van der Waals surface area (Å²) in [6.45, 7) is 0. The number of carbonyl (C=O) groups is 1. The average molecular weight is 381 g/mol. The van der Waals surface area contributed by atoms with Gasteiger partial charge in [0.2, 0.25) is 0 Å². The number of aromatic nitrogens is 2. The van der Waals surface area contributed by atoms with Crippen LogP contribution in [0, 0.1) is 0 Å². The van der Waals surface area contributed by atoms with Gasteiger partial charge in [-0.05, 0) is 44.1 Å². The number of thioether (sulfide) groups is 1. The van der Waals surface area contributed by atoms with Crippen LogP contribution in [0.3, 0.4) is 0 Å². The van der Waals surface area contributed by atoms with Crippen LogP contribution in [-0.2, 0) is 12.8 Å². The van der Waals surface area contributed by atoms with Crippen LogP contribution in [0.5, 0.6) is 0 Å². The lowest BCUT2D eigenvalue weighted by Gasteiger charge is -2.12. The number of rotatable bonds is 5. The number of thiophene rings is 1. The molecule has 0 aliphatic heterocycles. The topological polar surface area (TPSA) is 42.9 Å². The van der Waals surface area contributed by atoms with Crippen molar-refractivity contribution in [2.45, 2.75) is 49.5 Å². The van der Waals surface area contributed by atoms with E-state index in [9.17, 15) is 4.79 Å². The Morgan fingerprint density at radius 1 is 1.12 bits per heavy atom. The lowest BCUT2D eigenvalue weighted by Crippen LogP contribution is -2.04. The Morgan fingerprint density at radius 2 is 1.92 bits per heavy atom. The average Bonchev–Trinajstić information content (AvgIpc) is 3.47. The van der Waals surface area contributed by atoms with Crippen molar-refractivity contribution in [1.82, 2.24) is 9.97 Å². The highest BCUT2D eigenvalue weighted by Gasteiger charge is 2.29. The highest BCUT2D eigenvalue weighted by Crippen LogP contribution is 2.44. The van der Waals surface area contributed by atoms with Crippen LogP contribution in [0.15, 0.2) is 35.4 Å². The zero-order valence-electron chi connectivity index (χ0n) is 14.5. The maximum absolute atomic E-state index is 12.6. The summed E-state index contributed by atoms with van der Waals surface area (Å²) < 4.78 is 0. The molecule has 1 saturated carbocycles. The third-order valence-corrected chi connectivity index (χ3v) is 7.34. The first-order valence-electron chi connectivity index (χ1n) is 9.33. The minimum Gasteiger partial charge on any atom is -0.293 e. The van der Waals surface area contributed by atoms with Crippen molar-refractivity contribution in [3.63, 3.8) is 0 Å². The Kier molecular flexibility index (Phi) is 4.29. The van der Waals surface area contributed by atoms with Gasteiger partial charge in [-0.1, -0.05) is 42.1 Å². The van der Waals surface area contributed by atoms with Crippen molar-refractivity contribution < 1.29 is 4.79 Å². The lowest BCUT2D eigenvalue weighted by atomic mass is 9.97. The molecule has 0 bridgehead atoms. The second-order valence-electron chi connectivity index (χ2n) is 7.13. The fraction of sp³-hybridized carbons (Fsp3) is 0.381. The Morgan fingerprint density at radius 3 is 2.73 bits per heavy atom. The molecule has 26 heavy (non-hydrogen) atoms. The predicted octanol–water partition coefficient (Wildman–Crippen LogP) is 5.42. The molecular formula is C21H20N2OS2. The molecule has 1 aromatic carbocycles. The third-order valence-electron chi connectivity index (χ3n) is 5.18. The quantitative estimate of drug-likeness (QED) is 0.337. The minimum atomic E-state index is 0.166. The molecule has 1 fully saturated rings. The summed E-state index contributed by atoms with van der Waals surface area (Å²) in [6, 6.07) is 9.56. The molecule has 5 heteroatoms. The Bertz CT molecular complexity index is 977. The lowest BCUT2D eigenvalue weighted by molar-refractivity contribution is 0.102. The fourth-order valence-corrected chi connectivity index (χ4v) is 5.90. The number of nitrogens with zero attached hydrogens (tertiary/aromatic N) is 2. The Balaban J connectivity index is 1.50. The van der Waals surface area contributed by atoms with Crippen molar-refractivity contribution >= 4 is 39.1 Å². The molecule has 5 rings (SSSR count). The zero-order chi connectivity index (χ0) is 17.5. The van der Waals surface area contributed by atoms with Gasteiger partial charge in [0, 0.05) is 21.7 Å². The fourth-order valence-electron chi connectivity index (χ4n) is 3.61. The Labute approximate surface area is 161 Å². The van der Waals surface area contributed by atoms with Crippen molar-refractivity contribution in [3.05, 3.63) is 52.2 Å². The van der Waals surface area contributed by atoms with E-state index in [1.807, 2.05) is 41.7 Å². The van der Waals surface area contributed by atoms with Crippen molar-refractivity contribution in [1.29, 1.82) is 0 Å². The van der Waals surface area contributed by atoms with E-state index in [0.29, 0.717) is 11.7 Å². The van der Waals surface area contributed by atoms with Crippen LogP contribution in [0.2, 0.25) is 0 Å². The number of hydrogen-bond donors (Lipinski definition) is 0. The van der Waals surface area contributed by atoms with Crippen LogP contribution in [0.4, 0.5) is 0 Å². The summed E-state index contributed by atoms with van der Waals surface area (Å²) >= 11 is 3.45. The SMILES string of the molecule is O=C(CSc1nc(C2CC2)nc2sc3c(c12)CCCC3)c1ccccc1. The number of aryl methyl sites for hydroxylation is 2. The number of Topliss-reactive ketones (excluding diaryl/α,β-unsaturated/α-hetero) is 1. The molecule has 2 aliphatic rings. The molecule has 2 heterocycles. The maximum Gasteiger partial charge on any atom is 0.173 e. The summed E-state index contributed by atoms with van der Waals surface area (Å²) in [6.07, 6.45) is 7.21. The van der Waals surface area contributed by atoms with E-state index >= 15 is 0 Å². The molecule has 132 valence electrons. The van der Waals surface area contributed by atoms with Gasteiger partial charge in [-0.15, -0.1) is 11.3 Å². The first-order valence-corrected chi connectivity index (χ1v) is 11.1. The van der Waals surface area contributed by atoms with Crippen LogP contribution in [-0.4, -0.2) is 21.5 Å². The molecule has 0 atom stereocenters. The van der Waals surface area contributed by atoms with Crippen molar-refractivity contribution in [2.24, 2.45) is 0 Å². The largest absolute Gasteiger partial charge is 0.293 e. The number of carbonyl (C=O) groups excluding carboxylic acids is 1. The Hall–Kier alpha value is -1.72. The van der Waals surface area contributed by atoms with E-state index in [4.69, 9.17) is 9.97 Å². The van der Waals surface area contributed by atoms with Gasteiger partial charge < -0.3 is 0 Å². The summed E-state index contributed by atoms with van der Waals surface area (Å²) in [5.74, 6) is 2.12. The van der Waals surface area contributed by atoms with Gasteiger partial charge in [-0.3, -0.25) is 4.79 Å². The van der Waals surface area contributed by atoms with E-state index in [0.717, 1.165) is 27.7 Å². The van der Waals surface area contributed by atoms with Crippen LogP contribution >= 0.6 is 23.1 Å². The zero-order valence-corrected chi connectivity index (χ0v) is 16.2. The van der Waals surface area contributed by atoms with Crippen molar-refractivity contribution in [3.8, 4) is 0 Å². The smallest absolute Gasteiger partial charge is 0.173 e. The number of ketones is 1. The number of benzene rings is 1. The molecule has 0 saturated heterocycles. The van der Waals surface area contributed by atoms with E-state index in [1.165, 1.54) is 47.9 Å². The van der Waals surface area contributed by atoms with Crippen LogP contribution < -0.4 is 0 Å². The van der Waals surface area contributed by atoms with Crippen molar-refractivity contribution in [2.75, 3.05) is 5.75 Å². The third kappa shape index (κ3) is 3.08. The molecule has 3 nitrogen and oxygen atoms in total. The van der Waals surface area contributed by atoms with E-state index in [-0.39, 0.29) is 5.78 Å². The van der Waals surface area contributed by atoms with Crippen LogP contribution in [0.25, 0.3) is 10.2 Å². The summed E-state index contributed by atoms with van der Waals surface area (Å²) in [7, 11) is 0. The highest BCUT2D eigenvalue weighted by atomic mass is 32.2. The first-order chi connectivity index (χ1) is 12.8. The summed E-state index contributed by atoms with van der Waals surface area (Å²) in [5.41, 5.74) is 2.23. The number of fused-ring (bicyclic) bond motifs is 3. The summed E-state index contributed by atoms with van der Waals surface area (Å²) in [5, 5.41) is 2.26. The molecular weight excluding hydrogens is 360 g/mol. The molecule has 0 N–H and O–H groups in total. The van der Waals surface area contributed by atoms with Gasteiger partial charge in [0.15, 0.2) is 5.78 Å². The van der Waals surface area contributed by atoms with E-state index in [2.05, 4.69) is 0 Å². The predicted molar refractivity (Wildman–Crippen MR) is 108 cm³/mol. The molecule has 3 aromatic rings. The first kappa shape index (κ1) is 16.5. The maximum atomic E-state index is 12.6. The molecule has 2 aromatic heterocycles.